The van der Waals surface area contributed by atoms with Crippen LogP contribution in [-0.4, -0.2) is 31.1 Å². The highest BCUT2D eigenvalue weighted by molar-refractivity contribution is 6.03. The average molecular weight is 289 g/mol. The smallest absolute Gasteiger partial charge is 0.188 e. The van der Waals surface area contributed by atoms with Gasteiger partial charge in [0.15, 0.2) is 18.9 Å². The second-order valence-electron chi connectivity index (χ2n) is 4.41. The van der Waals surface area contributed by atoms with Gasteiger partial charge in [-0.2, -0.15) is 0 Å². The van der Waals surface area contributed by atoms with Gasteiger partial charge in [0.2, 0.25) is 0 Å². The molecule has 6 nitrogen and oxygen atoms in total. The number of aromatic nitrogens is 1. The minimum Gasteiger partial charge on any atom is -0.467 e. The first-order valence-electron chi connectivity index (χ1n) is 6.27. The van der Waals surface area contributed by atoms with Crippen LogP contribution >= 0.6 is 0 Å². The second kappa shape index (κ2) is 6.32. The van der Waals surface area contributed by atoms with Crippen molar-refractivity contribution in [1.29, 1.82) is 0 Å². The average Bonchev–Trinajstić information content (AvgIpc) is 2.86. The molecule has 1 heterocycles. The maximum atomic E-state index is 11.8. The van der Waals surface area contributed by atoms with Crippen LogP contribution in [0.2, 0.25) is 0 Å². The monoisotopic (exact) mass is 289 g/mol. The molecular weight excluding hydrogens is 274 g/mol. The van der Waals surface area contributed by atoms with Gasteiger partial charge in [0.05, 0.1) is 11.1 Å². The van der Waals surface area contributed by atoms with Gasteiger partial charge in [-0.15, -0.1) is 0 Å². The van der Waals surface area contributed by atoms with Crippen molar-refractivity contribution in [2.75, 3.05) is 13.9 Å². The first kappa shape index (κ1) is 14.9. The van der Waals surface area contributed by atoms with Crippen molar-refractivity contribution < 1.29 is 23.6 Å². The van der Waals surface area contributed by atoms with Crippen LogP contribution in [0, 0.1) is 6.92 Å². The molecule has 0 radical (unpaired) electrons. The zero-order valence-electron chi connectivity index (χ0n) is 12.0. The van der Waals surface area contributed by atoms with Gasteiger partial charge in [-0.05, 0) is 19.9 Å². The number of carbonyl (C=O) groups is 2. The Morgan fingerprint density at radius 1 is 1.43 bits per heavy atom. The van der Waals surface area contributed by atoms with E-state index in [1.807, 2.05) is 0 Å². The summed E-state index contributed by atoms with van der Waals surface area (Å²) >= 11 is 0. The van der Waals surface area contributed by atoms with Gasteiger partial charge in [-0.3, -0.25) is 9.59 Å². The number of aldehydes is 1. The highest BCUT2D eigenvalue weighted by Crippen LogP contribution is 2.35. The van der Waals surface area contributed by atoms with E-state index < -0.39 is 0 Å². The molecule has 2 rings (SSSR count). The molecule has 0 atom stereocenters. The molecule has 0 N–H and O–H groups in total. The van der Waals surface area contributed by atoms with Crippen molar-refractivity contribution in [3.05, 3.63) is 35.1 Å². The molecule has 21 heavy (non-hydrogen) atoms. The Kier molecular flexibility index (Phi) is 4.49. The minimum atomic E-state index is -0.192. The summed E-state index contributed by atoms with van der Waals surface area (Å²) in [7, 11) is 1.49. The molecule has 0 spiro atoms. The summed E-state index contributed by atoms with van der Waals surface area (Å²) in [6, 6.07) is 4.98. The molecule has 110 valence electrons. The number of methoxy groups -OCH3 is 1. The van der Waals surface area contributed by atoms with Crippen molar-refractivity contribution in [2.45, 2.75) is 13.8 Å². The molecule has 0 saturated carbocycles. The molecular formula is C15H15NO5. The molecule has 0 fully saturated rings. The molecule has 2 aromatic rings. The highest BCUT2D eigenvalue weighted by atomic mass is 16.7. The quantitative estimate of drug-likeness (QED) is 0.462. The van der Waals surface area contributed by atoms with Crippen LogP contribution in [0.15, 0.2) is 22.7 Å². The largest absolute Gasteiger partial charge is 0.467 e. The van der Waals surface area contributed by atoms with Crippen molar-refractivity contribution in [2.24, 2.45) is 0 Å². The van der Waals surface area contributed by atoms with Gasteiger partial charge in [-0.25, -0.2) is 0 Å². The number of hydrogen-bond acceptors (Lipinski definition) is 6. The van der Waals surface area contributed by atoms with Crippen LogP contribution in [0.1, 0.15) is 33.4 Å². The third-order valence-corrected chi connectivity index (χ3v) is 2.97. The summed E-state index contributed by atoms with van der Waals surface area (Å²) in [6.45, 7) is 3.08. The van der Waals surface area contributed by atoms with Crippen LogP contribution < -0.4 is 4.74 Å². The number of aryl methyl sites for hydroxylation is 1. The Bertz CT molecular complexity index is 675. The predicted molar refractivity (Wildman–Crippen MR) is 74.6 cm³/mol. The molecule has 0 amide bonds. The molecule has 0 aliphatic rings. The zero-order chi connectivity index (χ0) is 15.4. The molecule has 0 aliphatic heterocycles. The molecule has 6 heteroatoms. The zero-order valence-corrected chi connectivity index (χ0v) is 12.0. The van der Waals surface area contributed by atoms with Crippen LogP contribution in [0.3, 0.4) is 0 Å². The fourth-order valence-corrected chi connectivity index (χ4v) is 2.10. The summed E-state index contributed by atoms with van der Waals surface area (Å²) in [6.07, 6.45) is 0.683. The van der Waals surface area contributed by atoms with Crippen LogP contribution in [0.25, 0.3) is 11.3 Å². The van der Waals surface area contributed by atoms with Gasteiger partial charge in [-0.1, -0.05) is 17.3 Å². The topological polar surface area (TPSA) is 78.6 Å². The summed E-state index contributed by atoms with van der Waals surface area (Å²) in [5.74, 6) is 0.607. The molecule has 1 aromatic carbocycles. The first-order valence-corrected chi connectivity index (χ1v) is 6.27. The molecule has 0 saturated heterocycles. The van der Waals surface area contributed by atoms with Crippen molar-refractivity contribution >= 4 is 12.1 Å². The van der Waals surface area contributed by atoms with Crippen molar-refractivity contribution in [3.63, 3.8) is 0 Å². The van der Waals surface area contributed by atoms with Crippen molar-refractivity contribution in [1.82, 2.24) is 5.16 Å². The Morgan fingerprint density at radius 2 is 2.19 bits per heavy atom. The van der Waals surface area contributed by atoms with Gasteiger partial charge in [0, 0.05) is 12.7 Å². The summed E-state index contributed by atoms with van der Waals surface area (Å²) in [5.41, 5.74) is 1.42. The molecule has 0 bridgehead atoms. The maximum Gasteiger partial charge on any atom is 0.188 e. The lowest BCUT2D eigenvalue weighted by Gasteiger charge is -2.11. The van der Waals surface area contributed by atoms with E-state index in [2.05, 4.69) is 5.16 Å². The van der Waals surface area contributed by atoms with Gasteiger partial charge in [0.1, 0.15) is 17.2 Å². The summed E-state index contributed by atoms with van der Waals surface area (Å²) < 4.78 is 15.4. The number of ether oxygens (including phenoxy) is 2. The number of ketones is 1. The number of carbonyl (C=O) groups excluding carboxylic acids is 2. The van der Waals surface area contributed by atoms with Crippen molar-refractivity contribution in [3.8, 4) is 17.0 Å². The lowest BCUT2D eigenvalue weighted by atomic mass is 9.98. The van der Waals surface area contributed by atoms with E-state index in [0.29, 0.717) is 40.2 Å². The van der Waals surface area contributed by atoms with Gasteiger partial charge < -0.3 is 14.0 Å². The van der Waals surface area contributed by atoms with E-state index in [9.17, 15) is 9.59 Å². The Balaban J connectivity index is 2.66. The number of nitrogens with zero attached hydrogens (tertiary/aromatic N) is 1. The lowest BCUT2D eigenvalue weighted by molar-refractivity contribution is 0.0514. The van der Waals surface area contributed by atoms with E-state index >= 15 is 0 Å². The minimum absolute atomic E-state index is 0.0154. The molecule has 0 unspecified atom stereocenters. The molecule has 1 aromatic heterocycles. The highest BCUT2D eigenvalue weighted by Gasteiger charge is 2.23. The summed E-state index contributed by atoms with van der Waals surface area (Å²) in [5, 5.41) is 3.91. The predicted octanol–water partition coefficient (Wildman–Crippen LogP) is 2.65. The van der Waals surface area contributed by atoms with E-state index in [-0.39, 0.29) is 12.6 Å². The van der Waals surface area contributed by atoms with E-state index in [4.69, 9.17) is 14.0 Å². The Labute approximate surface area is 121 Å². The number of rotatable bonds is 6. The standard InChI is InChI=1S/C15H15NO5/c1-9(18)13-10(2)21-16-15(13)14-11(7-17)5-4-6-12(14)20-8-19-3/h4-7H,8H2,1-3H3. The molecule has 0 aliphatic carbocycles. The van der Waals surface area contributed by atoms with Gasteiger partial charge in [0.25, 0.3) is 0 Å². The third kappa shape index (κ3) is 2.85. The Morgan fingerprint density at radius 3 is 2.81 bits per heavy atom. The number of hydrogen-bond donors (Lipinski definition) is 0. The fourth-order valence-electron chi connectivity index (χ4n) is 2.10. The second-order valence-corrected chi connectivity index (χ2v) is 4.41. The van der Waals surface area contributed by atoms with Gasteiger partial charge >= 0.3 is 0 Å². The summed E-state index contributed by atoms with van der Waals surface area (Å²) in [4.78, 5) is 23.1. The Hall–Kier alpha value is -2.47. The fraction of sp³-hybridized carbons (Fsp3) is 0.267. The number of benzene rings is 1. The number of Topliss-reactive ketones (excluding diaryl/α,β-unsaturated/α-hetero) is 1. The van der Waals surface area contributed by atoms with E-state index in [1.165, 1.54) is 14.0 Å². The SMILES string of the molecule is COCOc1cccc(C=O)c1-c1noc(C)c1C(C)=O. The first-order chi connectivity index (χ1) is 10.1. The van der Waals surface area contributed by atoms with Crippen LogP contribution in [0.5, 0.6) is 5.75 Å². The maximum absolute atomic E-state index is 11.8. The van der Waals surface area contributed by atoms with Crippen LogP contribution in [0.4, 0.5) is 0 Å². The third-order valence-electron chi connectivity index (χ3n) is 2.97. The van der Waals surface area contributed by atoms with Crippen LogP contribution in [-0.2, 0) is 4.74 Å². The van der Waals surface area contributed by atoms with E-state index in [0.717, 1.165) is 0 Å². The van der Waals surface area contributed by atoms with E-state index in [1.54, 1.807) is 25.1 Å². The lowest BCUT2D eigenvalue weighted by Crippen LogP contribution is -2.04. The normalized spacial score (nSPS) is 10.4.